The Labute approximate surface area is 105 Å². The van der Waals surface area contributed by atoms with E-state index in [2.05, 4.69) is 5.16 Å². The number of aliphatic hydroxyl groups excluding tert-OH is 1. The fraction of sp³-hybridized carbons (Fsp3) is 0.308. The first-order chi connectivity index (χ1) is 8.28. The Bertz CT molecular complexity index is 465. The summed E-state index contributed by atoms with van der Waals surface area (Å²) < 4.78 is 5.13. The molecule has 1 heterocycles. The topological polar surface area (TPSA) is 46.3 Å². The zero-order valence-corrected chi connectivity index (χ0v) is 10.5. The lowest BCUT2D eigenvalue weighted by molar-refractivity contribution is 0.282. The molecule has 1 N–H and O–H groups in total. The summed E-state index contributed by atoms with van der Waals surface area (Å²) in [6, 6.07) is 9.96. The number of nitrogens with zero attached hydrogens (tertiary/aromatic N) is 1. The molecule has 90 valence electrons. The highest BCUT2D eigenvalue weighted by atomic mass is 32.2. The van der Waals surface area contributed by atoms with Crippen LogP contribution in [0, 0.1) is 6.92 Å². The van der Waals surface area contributed by atoms with E-state index in [1.165, 1.54) is 5.56 Å². The second kappa shape index (κ2) is 5.89. The Kier molecular flexibility index (Phi) is 4.23. The zero-order valence-electron chi connectivity index (χ0n) is 9.72. The van der Waals surface area contributed by atoms with Crippen LogP contribution < -0.4 is 0 Å². The van der Waals surface area contributed by atoms with Crippen molar-refractivity contribution in [1.82, 2.24) is 5.16 Å². The number of aryl methyl sites for hydroxylation is 1. The Balaban J connectivity index is 1.81. The highest BCUT2D eigenvalue weighted by Crippen LogP contribution is 2.18. The molecule has 3 nitrogen and oxygen atoms in total. The van der Waals surface area contributed by atoms with E-state index in [1.807, 2.05) is 37.3 Å². The van der Waals surface area contributed by atoms with Crippen molar-refractivity contribution < 1.29 is 9.63 Å². The Morgan fingerprint density at radius 3 is 2.47 bits per heavy atom. The third-order valence-electron chi connectivity index (χ3n) is 2.40. The number of benzene rings is 1. The summed E-state index contributed by atoms with van der Waals surface area (Å²) in [4.78, 5) is 0. The number of hydrogen-bond donors (Lipinski definition) is 1. The van der Waals surface area contributed by atoms with E-state index in [0.717, 1.165) is 28.5 Å². The van der Waals surface area contributed by atoms with Gasteiger partial charge in [-0.3, -0.25) is 0 Å². The lowest BCUT2D eigenvalue weighted by Gasteiger charge is -2.01. The number of hydrogen-bond acceptors (Lipinski definition) is 4. The molecule has 0 aliphatic heterocycles. The third kappa shape index (κ3) is 3.61. The van der Waals surface area contributed by atoms with E-state index >= 15 is 0 Å². The molecule has 0 bridgehead atoms. The van der Waals surface area contributed by atoms with E-state index in [4.69, 9.17) is 9.63 Å². The molecule has 0 unspecified atom stereocenters. The molecule has 0 fully saturated rings. The van der Waals surface area contributed by atoms with Crippen LogP contribution in [0.3, 0.4) is 0 Å². The lowest BCUT2D eigenvalue weighted by Crippen LogP contribution is -1.85. The van der Waals surface area contributed by atoms with Gasteiger partial charge in [-0.15, -0.1) is 11.8 Å². The minimum atomic E-state index is 0.102. The van der Waals surface area contributed by atoms with Gasteiger partial charge < -0.3 is 9.63 Å². The summed E-state index contributed by atoms with van der Waals surface area (Å²) in [5.41, 5.74) is 3.13. The highest BCUT2D eigenvalue weighted by Gasteiger charge is 2.01. The van der Waals surface area contributed by atoms with Gasteiger partial charge in [-0.2, -0.15) is 0 Å². The molecule has 0 radical (unpaired) electrons. The number of aliphatic hydroxyl groups is 1. The summed E-state index contributed by atoms with van der Waals surface area (Å²) in [5, 5.41) is 12.8. The molecule has 0 aliphatic carbocycles. The molecular weight excluding hydrogens is 234 g/mol. The highest BCUT2D eigenvalue weighted by molar-refractivity contribution is 7.97. The largest absolute Gasteiger partial charge is 0.392 e. The van der Waals surface area contributed by atoms with Crippen LogP contribution in [-0.2, 0) is 18.1 Å². The first-order valence-corrected chi connectivity index (χ1v) is 6.62. The second-order valence-corrected chi connectivity index (χ2v) is 4.89. The quantitative estimate of drug-likeness (QED) is 0.885. The predicted molar refractivity (Wildman–Crippen MR) is 68.6 cm³/mol. The van der Waals surface area contributed by atoms with Gasteiger partial charge in [-0.25, -0.2) is 0 Å². The van der Waals surface area contributed by atoms with Crippen molar-refractivity contribution in [2.45, 2.75) is 25.0 Å². The van der Waals surface area contributed by atoms with Gasteiger partial charge in [-0.05, 0) is 18.1 Å². The molecular formula is C13H15NO2S. The molecule has 1 aromatic heterocycles. The van der Waals surface area contributed by atoms with Gasteiger partial charge in [0.15, 0.2) is 0 Å². The molecule has 0 spiro atoms. The Morgan fingerprint density at radius 1 is 1.18 bits per heavy atom. The normalized spacial score (nSPS) is 10.7. The number of rotatable bonds is 5. The van der Waals surface area contributed by atoms with Gasteiger partial charge in [0, 0.05) is 11.8 Å². The van der Waals surface area contributed by atoms with Gasteiger partial charge in [0.1, 0.15) is 5.76 Å². The monoisotopic (exact) mass is 249 g/mol. The maximum atomic E-state index is 8.93. The van der Waals surface area contributed by atoms with Crippen molar-refractivity contribution in [2.75, 3.05) is 0 Å². The summed E-state index contributed by atoms with van der Waals surface area (Å²) in [7, 11) is 0. The van der Waals surface area contributed by atoms with Crippen molar-refractivity contribution in [3.8, 4) is 0 Å². The smallest absolute Gasteiger partial charge is 0.146 e. The molecule has 2 aromatic rings. The average molecular weight is 249 g/mol. The average Bonchev–Trinajstić information content (AvgIpc) is 2.76. The molecule has 2 rings (SSSR count). The minimum Gasteiger partial charge on any atom is -0.392 e. The van der Waals surface area contributed by atoms with Crippen LogP contribution in [0.5, 0.6) is 0 Å². The van der Waals surface area contributed by atoms with E-state index in [0.29, 0.717) is 0 Å². The predicted octanol–water partition coefficient (Wildman–Crippen LogP) is 2.91. The fourth-order valence-electron chi connectivity index (χ4n) is 1.49. The van der Waals surface area contributed by atoms with Crippen LogP contribution in [0.1, 0.15) is 22.6 Å². The molecule has 0 saturated carbocycles. The van der Waals surface area contributed by atoms with E-state index < -0.39 is 0 Å². The molecule has 0 amide bonds. The molecule has 0 saturated heterocycles. The lowest BCUT2D eigenvalue weighted by atomic mass is 10.2. The van der Waals surface area contributed by atoms with E-state index in [9.17, 15) is 0 Å². The van der Waals surface area contributed by atoms with E-state index in [-0.39, 0.29) is 6.61 Å². The van der Waals surface area contributed by atoms with Gasteiger partial charge in [0.05, 0.1) is 18.1 Å². The van der Waals surface area contributed by atoms with Crippen molar-refractivity contribution in [3.63, 3.8) is 0 Å². The van der Waals surface area contributed by atoms with Crippen LogP contribution in [-0.4, -0.2) is 10.3 Å². The Hall–Kier alpha value is -1.26. The van der Waals surface area contributed by atoms with Crippen LogP contribution in [0.2, 0.25) is 0 Å². The molecule has 1 aromatic carbocycles. The van der Waals surface area contributed by atoms with Crippen LogP contribution >= 0.6 is 11.8 Å². The SMILES string of the molecule is Cc1cc(CSCc2ccc(CO)cc2)on1. The standard InChI is InChI=1S/C13H15NO2S/c1-10-6-13(16-14-10)9-17-8-12-4-2-11(7-15)3-5-12/h2-6,15H,7-9H2,1H3. The van der Waals surface area contributed by atoms with Crippen molar-refractivity contribution in [1.29, 1.82) is 0 Å². The Morgan fingerprint density at radius 2 is 1.88 bits per heavy atom. The summed E-state index contributed by atoms with van der Waals surface area (Å²) in [6.07, 6.45) is 0. The minimum absolute atomic E-state index is 0.102. The summed E-state index contributed by atoms with van der Waals surface area (Å²) in [5.74, 6) is 2.69. The molecule has 4 heteroatoms. The number of thioether (sulfide) groups is 1. The van der Waals surface area contributed by atoms with E-state index in [1.54, 1.807) is 11.8 Å². The van der Waals surface area contributed by atoms with Crippen LogP contribution in [0.4, 0.5) is 0 Å². The number of aromatic nitrogens is 1. The third-order valence-corrected chi connectivity index (χ3v) is 3.42. The van der Waals surface area contributed by atoms with Crippen LogP contribution in [0.15, 0.2) is 34.9 Å². The maximum Gasteiger partial charge on any atom is 0.146 e. The van der Waals surface area contributed by atoms with Gasteiger partial charge in [0.25, 0.3) is 0 Å². The van der Waals surface area contributed by atoms with Gasteiger partial charge in [-0.1, -0.05) is 29.4 Å². The summed E-state index contributed by atoms with van der Waals surface area (Å²) >= 11 is 1.79. The first-order valence-electron chi connectivity index (χ1n) is 5.46. The summed E-state index contributed by atoms with van der Waals surface area (Å²) in [6.45, 7) is 2.02. The van der Waals surface area contributed by atoms with Gasteiger partial charge >= 0.3 is 0 Å². The zero-order chi connectivity index (χ0) is 12.1. The van der Waals surface area contributed by atoms with Gasteiger partial charge in [0.2, 0.25) is 0 Å². The molecule has 17 heavy (non-hydrogen) atoms. The first kappa shape index (κ1) is 12.2. The van der Waals surface area contributed by atoms with Crippen LogP contribution in [0.25, 0.3) is 0 Å². The second-order valence-electron chi connectivity index (χ2n) is 3.90. The van der Waals surface area contributed by atoms with Crippen molar-refractivity contribution in [2.24, 2.45) is 0 Å². The maximum absolute atomic E-state index is 8.93. The molecule has 0 aliphatic rings. The van der Waals surface area contributed by atoms with Crippen molar-refractivity contribution >= 4 is 11.8 Å². The molecule has 0 atom stereocenters. The van der Waals surface area contributed by atoms with Crippen molar-refractivity contribution in [3.05, 3.63) is 52.9 Å². The fourth-order valence-corrected chi connectivity index (χ4v) is 2.36.